The molecule has 2 rings (SSSR count). The van der Waals surface area contributed by atoms with E-state index in [0.717, 1.165) is 13.0 Å². The quantitative estimate of drug-likeness (QED) is 0.811. The molecular weight excluding hydrogens is 210 g/mol. The van der Waals surface area contributed by atoms with Crippen LogP contribution in [0.1, 0.15) is 37.9 Å². The Morgan fingerprint density at radius 1 is 1.35 bits per heavy atom. The first-order valence-corrected chi connectivity index (χ1v) is 6.35. The maximum absolute atomic E-state index is 10.2. The Morgan fingerprint density at radius 3 is 2.47 bits per heavy atom. The van der Waals surface area contributed by atoms with Crippen molar-refractivity contribution in [2.45, 2.75) is 39.3 Å². The molecule has 17 heavy (non-hydrogen) atoms. The smallest absolute Gasteiger partial charge is 0.0628 e. The Balaban J connectivity index is 2.16. The first kappa shape index (κ1) is 12.6. The third kappa shape index (κ3) is 2.88. The zero-order valence-corrected chi connectivity index (χ0v) is 11.3. The second-order valence-corrected chi connectivity index (χ2v) is 6.24. The number of benzene rings is 1. The summed E-state index contributed by atoms with van der Waals surface area (Å²) in [6.45, 7) is 7.40. The number of hydrogen-bond acceptors (Lipinski definition) is 2. The van der Waals surface area contributed by atoms with Crippen LogP contribution in [-0.2, 0) is 6.42 Å². The molecule has 1 aliphatic heterocycles. The van der Waals surface area contributed by atoms with E-state index in [1.807, 2.05) is 0 Å². The molecule has 1 N–H and O–H groups in total. The molecular formula is C15H23NO. The topological polar surface area (TPSA) is 23.2 Å². The fourth-order valence-electron chi connectivity index (χ4n) is 2.12. The van der Waals surface area contributed by atoms with Gasteiger partial charge in [-0.15, -0.1) is 0 Å². The van der Waals surface area contributed by atoms with Crippen LogP contribution < -0.4 is 0 Å². The van der Waals surface area contributed by atoms with E-state index in [2.05, 4.69) is 57.0 Å². The lowest BCUT2D eigenvalue weighted by atomic mass is 9.84. The molecule has 1 fully saturated rings. The minimum Gasteiger partial charge on any atom is -0.392 e. The summed E-state index contributed by atoms with van der Waals surface area (Å²) in [6, 6.07) is 9.07. The van der Waals surface area contributed by atoms with Crippen molar-refractivity contribution >= 4 is 0 Å². The average molecular weight is 233 g/mol. The molecule has 2 heteroatoms. The maximum atomic E-state index is 10.2. The van der Waals surface area contributed by atoms with Crippen LogP contribution in [0.4, 0.5) is 0 Å². The highest BCUT2D eigenvalue weighted by molar-refractivity contribution is 5.33. The Morgan fingerprint density at radius 2 is 1.94 bits per heavy atom. The van der Waals surface area contributed by atoms with Gasteiger partial charge in [0.25, 0.3) is 0 Å². The summed E-state index contributed by atoms with van der Waals surface area (Å²) in [7, 11) is 2.14. The zero-order chi connectivity index (χ0) is 12.6. The SMILES string of the molecule is CN1CC1c1ccccc1CC(O)C(C)(C)C. The van der Waals surface area contributed by atoms with Gasteiger partial charge >= 0.3 is 0 Å². The molecule has 1 aliphatic rings. The molecule has 3 unspecified atom stereocenters. The van der Waals surface area contributed by atoms with Gasteiger partial charge in [0, 0.05) is 12.6 Å². The Bertz CT molecular complexity index is 394. The normalized spacial score (nSPS) is 25.7. The molecule has 3 atom stereocenters. The van der Waals surface area contributed by atoms with E-state index in [4.69, 9.17) is 0 Å². The molecule has 0 bridgehead atoms. The van der Waals surface area contributed by atoms with Gasteiger partial charge in [-0.25, -0.2) is 0 Å². The van der Waals surface area contributed by atoms with Crippen LogP contribution in [0, 0.1) is 5.41 Å². The highest BCUT2D eigenvalue weighted by Crippen LogP contribution is 2.35. The summed E-state index contributed by atoms with van der Waals surface area (Å²) in [5, 5.41) is 10.2. The van der Waals surface area contributed by atoms with Crippen LogP contribution in [0.3, 0.4) is 0 Å². The standard InChI is InChI=1S/C15H23NO/c1-15(2,3)14(17)9-11-7-5-6-8-12(11)13-10-16(13)4/h5-8,13-14,17H,9-10H2,1-4H3. The van der Waals surface area contributed by atoms with Crippen molar-refractivity contribution in [1.82, 2.24) is 4.90 Å². The van der Waals surface area contributed by atoms with E-state index < -0.39 is 0 Å². The van der Waals surface area contributed by atoms with Crippen LogP contribution in [0.5, 0.6) is 0 Å². The van der Waals surface area contributed by atoms with Gasteiger partial charge in [0.15, 0.2) is 0 Å². The second kappa shape index (κ2) is 4.43. The summed E-state index contributed by atoms with van der Waals surface area (Å²) in [5.74, 6) is 0. The molecule has 0 aromatic heterocycles. The fourth-order valence-corrected chi connectivity index (χ4v) is 2.12. The van der Waals surface area contributed by atoms with E-state index >= 15 is 0 Å². The fraction of sp³-hybridized carbons (Fsp3) is 0.600. The second-order valence-electron chi connectivity index (χ2n) is 6.24. The van der Waals surface area contributed by atoms with Gasteiger partial charge in [-0.3, -0.25) is 4.90 Å². The molecule has 0 radical (unpaired) electrons. The van der Waals surface area contributed by atoms with Crippen LogP contribution in [-0.4, -0.2) is 29.7 Å². The molecule has 0 saturated carbocycles. The number of rotatable bonds is 3. The predicted octanol–water partition coefficient (Wildman–Crippen LogP) is 2.62. The zero-order valence-electron chi connectivity index (χ0n) is 11.3. The first-order valence-electron chi connectivity index (χ1n) is 6.35. The lowest BCUT2D eigenvalue weighted by Gasteiger charge is -2.26. The first-order chi connectivity index (χ1) is 7.89. The van der Waals surface area contributed by atoms with E-state index in [1.54, 1.807) is 0 Å². The van der Waals surface area contributed by atoms with Crippen molar-refractivity contribution in [2.24, 2.45) is 5.41 Å². The van der Waals surface area contributed by atoms with Crippen LogP contribution >= 0.6 is 0 Å². The van der Waals surface area contributed by atoms with E-state index in [9.17, 15) is 5.11 Å². The minimum absolute atomic E-state index is 0.0530. The van der Waals surface area contributed by atoms with Crippen molar-refractivity contribution in [3.05, 3.63) is 35.4 Å². The summed E-state index contributed by atoms with van der Waals surface area (Å²) < 4.78 is 0. The molecule has 2 nitrogen and oxygen atoms in total. The van der Waals surface area contributed by atoms with Crippen molar-refractivity contribution in [3.63, 3.8) is 0 Å². The van der Waals surface area contributed by atoms with Crippen molar-refractivity contribution < 1.29 is 5.11 Å². The molecule has 1 aromatic carbocycles. The number of hydrogen-bond donors (Lipinski definition) is 1. The number of nitrogens with zero attached hydrogens (tertiary/aromatic N) is 1. The van der Waals surface area contributed by atoms with E-state index in [1.165, 1.54) is 11.1 Å². The molecule has 1 saturated heterocycles. The highest BCUT2D eigenvalue weighted by atomic mass is 16.3. The van der Waals surface area contributed by atoms with E-state index in [-0.39, 0.29) is 11.5 Å². The molecule has 1 aromatic rings. The maximum Gasteiger partial charge on any atom is 0.0628 e. The molecule has 0 spiro atoms. The van der Waals surface area contributed by atoms with Gasteiger partial charge in [0.1, 0.15) is 0 Å². The highest BCUT2D eigenvalue weighted by Gasteiger charge is 2.33. The van der Waals surface area contributed by atoms with Crippen molar-refractivity contribution in [1.29, 1.82) is 0 Å². The third-order valence-electron chi connectivity index (χ3n) is 3.69. The number of likely N-dealkylation sites (N-methyl/N-ethyl adjacent to an activating group) is 1. The van der Waals surface area contributed by atoms with Gasteiger partial charge in [-0.05, 0) is 30.0 Å². The minimum atomic E-state index is -0.285. The predicted molar refractivity (Wildman–Crippen MR) is 71.0 cm³/mol. The summed E-state index contributed by atoms with van der Waals surface area (Å²) in [4.78, 5) is 2.32. The monoisotopic (exact) mass is 233 g/mol. The summed E-state index contributed by atoms with van der Waals surface area (Å²) in [5.41, 5.74) is 2.63. The van der Waals surface area contributed by atoms with E-state index in [0.29, 0.717) is 6.04 Å². The third-order valence-corrected chi connectivity index (χ3v) is 3.69. The number of aliphatic hydroxyl groups excluding tert-OH is 1. The van der Waals surface area contributed by atoms with Crippen molar-refractivity contribution in [3.8, 4) is 0 Å². The molecule has 94 valence electrons. The van der Waals surface area contributed by atoms with Crippen LogP contribution in [0.15, 0.2) is 24.3 Å². The Labute approximate surface area is 104 Å². The Kier molecular flexibility index (Phi) is 3.28. The van der Waals surface area contributed by atoms with Gasteiger partial charge in [-0.1, -0.05) is 45.0 Å². The van der Waals surface area contributed by atoms with Crippen LogP contribution in [0.2, 0.25) is 0 Å². The summed E-state index contributed by atoms with van der Waals surface area (Å²) >= 11 is 0. The molecule has 0 aliphatic carbocycles. The van der Waals surface area contributed by atoms with Crippen LogP contribution in [0.25, 0.3) is 0 Å². The Hall–Kier alpha value is -0.860. The lowest BCUT2D eigenvalue weighted by Crippen LogP contribution is -2.28. The molecule has 1 heterocycles. The summed E-state index contributed by atoms with van der Waals surface area (Å²) in [6.07, 6.45) is 0.469. The largest absolute Gasteiger partial charge is 0.392 e. The van der Waals surface area contributed by atoms with Gasteiger partial charge in [0.05, 0.1) is 6.10 Å². The van der Waals surface area contributed by atoms with Gasteiger partial charge in [-0.2, -0.15) is 0 Å². The van der Waals surface area contributed by atoms with Gasteiger partial charge < -0.3 is 5.11 Å². The number of aliphatic hydroxyl groups is 1. The lowest BCUT2D eigenvalue weighted by molar-refractivity contribution is 0.0634. The van der Waals surface area contributed by atoms with Gasteiger partial charge in [0.2, 0.25) is 0 Å². The van der Waals surface area contributed by atoms with Crippen molar-refractivity contribution in [2.75, 3.05) is 13.6 Å². The average Bonchev–Trinajstić information content (AvgIpc) is 2.95. The molecule has 0 amide bonds.